The smallest absolute Gasteiger partial charge is 0.220 e. The van der Waals surface area contributed by atoms with Gasteiger partial charge in [-0.3, -0.25) is 4.79 Å². The lowest BCUT2D eigenvalue weighted by molar-refractivity contribution is -0.119. The highest BCUT2D eigenvalue weighted by atomic mass is 16.1. The monoisotopic (exact) mass is 195 g/mol. The first kappa shape index (κ1) is 11.3. The highest BCUT2D eigenvalue weighted by Crippen LogP contribution is 2.20. The van der Waals surface area contributed by atoms with Crippen LogP contribution in [-0.2, 0) is 4.79 Å². The van der Waals surface area contributed by atoms with Crippen LogP contribution >= 0.6 is 0 Å². The van der Waals surface area contributed by atoms with E-state index in [4.69, 9.17) is 0 Å². The minimum Gasteiger partial charge on any atom is -0.350 e. The highest BCUT2D eigenvalue weighted by molar-refractivity contribution is 5.78. The van der Waals surface area contributed by atoms with Crippen molar-refractivity contribution in [2.45, 2.75) is 52.5 Å². The van der Waals surface area contributed by atoms with Crippen LogP contribution in [0.5, 0.6) is 0 Å². The van der Waals surface area contributed by atoms with Crippen molar-refractivity contribution in [1.29, 1.82) is 0 Å². The van der Waals surface area contributed by atoms with Crippen LogP contribution in [0, 0.1) is 5.41 Å². The molecular weight excluding hydrogens is 174 g/mol. The molecule has 1 atom stereocenters. The molecule has 1 rings (SSSR count). The second kappa shape index (κ2) is 4.63. The zero-order valence-corrected chi connectivity index (χ0v) is 9.47. The van der Waals surface area contributed by atoms with E-state index in [-0.39, 0.29) is 5.91 Å². The Morgan fingerprint density at radius 2 is 2.21 bits per heavy atom. The van der Waals surface area contributed by atoms with Gasteiger partial charge in [0.2, 0.25) is 5.91 Å². The average Bonchev–Trinajstić information content (AvgIpc) is 2.44. The third-order valence-corrected chi connectivity index (χ3v) is 2.46. The van der Waals surface area contributed by atoms with E-state index in [9.17, 15) is 4.79 Å². The minimum absolute atomic E-state index is 0.190. The maximum Gasteiger partial charge on any atom is 0.220 e. The Morgan fingerprint density at radius 3 is 2.71 bits per heavy atom. The summed E-state index contributed by atoms with van der Waals surface area (Å²) in [6.45, 7) is 6.74. The summed E-state index contributed by atoms with van der Waals surface area (Å²) in [5.74, 6) is 0.190. The quantitative estimate of drug-likeness (QED) is 0.689. The molecule has 0 aromatic rings. The summed E-state index contributed by atoms with van der Waals surface area (Å²) in [5, 5.41) is 2.93. The van der Waals surface area contributed by atoms with Crippen LogP contribution in [-0.4, -0.2) is 11.9 Å². The zero-order valence-electron chi connectivity index (χ0n) is 9.47. The van der Waals surface area contributed by atoms with E-state index in [2.05, 4.69) is 38.2 Å². The molecule has 1 fully saturated rings. The Bertz CT molecular complexity index is 225. The van der Waals surface area contributed by atoms with Gasteiger partial charge in [0.25, 0.3) is 0 Å². The van der Waals surface area contributed by atoms with Gasteiger partial charge in [0.15, 0.2) is 0 Å². The number of nitrogens with one attached hydrogen (secondary N) is 1. The Morgan fingerprint density at radius 1 is 1.50 bits per heavy atom. The van der Waals surface area contributed by atoms with Crippen LogP contribution in [0.15, 0.2) is 12.2 Å². The summed E-state index contributed by atoms with van der Waals surface area (Å²) in [6, 6.07) is 0.294. The first-order valence-electron chi connectivity index (χ1n) is 5.43. The van der Waals surface area contributed by atoms with Gasteiger partial charge in [-0.2, -0.15) is 0 Å². The Balaban J connectivity index is 2.18. The van der Waals surface area contributed by atoms with E-state index in [1.807, 2.05) is 0 Å². The van der Waals surface area contributed by atoms with Gasteiger partial charge < -0.3 is 5.32 Å². The second-order valence-electron chi connectivity index (χ2n) is 5.24. The molecule has 1 aliphatic rings. The number of hydrogen-bond donors (Lipinski definition) is 1. The number of rotatable bonds is 3. The number of carbonyl (C=O) groups excluding carboxylic acids is 1. The maximum atomic E-state index is 10.9. The van der Waals surface area contributed by atoms with Crippen molar-refractivity contribution in [3.8, 4) is 0 Å². The van der Waals surface area contributed by atoms with Crippen molar-refractivity contribution in [2.24, 2.45) is 5.41 Å². The van der Waals surface area contributed by atoms with Crippen molar-refractivity contribution >= 4 is 5.91 Å². The van der Waals surface area contributed by atoms with Crippen molar-refractivity contribution in [1.82, 2.24) is 5.32 Å². The fourth-order valence-electron chi connectivity index (χ4n) is 1.56. The molecule has 1 N–H and O–H groups in total. The topological polar surface area (TPSA) is 29.1 Å². The SMILES string of the molecule is CC(C)(C)CC/C=C/C1CCC(=O)N1. The number of carbonyl (C=O) groups is 1. The van der Waals surface area contributed by atoms with Gasteiger partial charge >= 0.3 is 0 Å². The van der Waals surface area contributed by atoms with Gasteiger partial charge in [0, 0.05) is 12.5 Å². The van der Waals surface area contributed by atoms with Gasteiger partial charge in [-0.05, 0) is 24.7 Å². The molecule has 0 radical (unpaired) electrons. The van der Waals surface area contributed by atoms with E-state index in [0.29, 0.717) is 17.9 Å². The molecule has 0 spiro atoms. The molecular formula is C12H21NO. The molecule has 0 bridgehead atoms. The lowest BCUT2D eigenvalue weighted by Gasteiger charge is -2.16. The molecule has 1 unspecified atom stereocenters. The predicted molar refractivity (Wildman–Crippen MR) is 59.0 cm³/mol. The zero-order chi connectivity index (χ0) is 10.6. The van der Waals surface area contributed by atoms with Gasteiger partial charge in [0.05, 0.1) is 0 Å². The molecule has 2 nitrogen and oxygen atoms in total. The molecule has 1 heterocycles. The first-order valence-corrected chi connectivity index (χ1v) is 5.43. The predicted octanol–water partition coefficient (Wildman–Crippen LogP) is 2.65. The average molecular weight is 195 g/mol. The molecule has 0 aromatic heterocycles. The second-order valence-corrected chi connectivity index (χ2v) is 5.24. The lowest BCUT2D eigenvalue weighted by atomic mass is 9.90. The molecule has 1 saturated heterocycles. The van der Waals surface area contributed by atoms with E-state index < -0.39 is 0 Å². The molecule has 0 aromatic carbocycles. The lowest BCUT2D eigenvalue weighted by Crippen LogP contribution is -2.22. The van der Waals surface area contributed by atoms with Crippen molar-refractivity contribution < 1.29 is 4.79 Å². The van der Waals surface area contributed by atoms with Crippen molar-refractivity contribution in [3.63, 3.8) is 0 Å². The fourth-order valence-corrected chi connectivity index (χ4v) is 1.56. The minimum atomic E-state index is 0.190. The first-order chi connectivity index (χ1) is 6.47. The summed E-state index contributed by atoms with van der Waals surface area (Å²) < 4.78 is 0. The molecule has 80 valence electrons. The molecule has 1 aliphatic heterocycles. The molecule has 0 aliphatic carbocycles. The molecule has 1 amide bonds. The summed E-state index contributed by atoms with van der Waals surface area (Å²) in [5.41, 5.74) is 0.406. The summed E-state index contributed by atoms with van der Waals surface area (Å²) in [6.07, 6.45) is 8.29. The van der Waals surface area contributed by atoms with Crippen LogP contribution in [0.2, 0.25) is 0 Å². The van der Waals surface area contributed by atoms with E-state index in [1.54, 1.807) is 0 Å². The van der Waals surface area contributed by atoms with Crippen molar-refractivity contribution in [3.05, 3.63) is 12.2 Å². The summed E-state index contributed by atoms with van der Waals surface area (Å²) >= 11 is 0. The van der Waals surface area contributed by atoms with Crippen LogP contribution in [0.25, 0.3) is 0 Å². The van der Waals surface area contributed by atoms with Gasteiger partial charge in [0.1, 0.15) is 0 Å². The van der Waals surface area contributed by atoms with Gasteiger partial charge in [-0.1, -0.05) is 32.9 Å². The maximum absolute atomic E-state index is 10.9. The van der Waals surface area contributed by atoms with Crippen LogP contribution < -0.4 is 5.32 Å². The Hall–Kier alpha value is -0.790. The van der Waals surface area contributed by atoms with E-state index in [0.717, 1.165) is 12.8 Å². The molecule has 0 saturated carbocycles. The fraction of sp³-hybridized carbons (Fsp3) is 0.750. The van der Waals surface area contributed by atoms with Crippen LogP contribution in [0.1, 0.15) is 46.5 Å². The van der Waals surface area contributed by atoms with Gasteiger partial charge in [-0.15, -0.1) is 0 Å². The van der Waals surface area contributed by atoms with Crippen LogP contribution in [0.4, 0.5) is 0 Å². The largest absolute Gasteiger partial charge is 0.350 e. The number of hydrogen-bond acceptors (Lipinski definition) is 1. The summed E-state index contributed by atoms with van der Waals surface area (Å²) in [4.78, 5) is 10.9. The normalized spacial score (nSPS) is 23.1. The van der Waals surface area contributed by atoms with E-state index >= 15 is 0 Å². The molecule has 14 heavy (non-hydrogen) atoms. The Labute approximate surface area is 86.8 Å². The highest BCUT2D eigenvalue weighted by Gasteiger charge is 2.17. The van der Waals surface area contributed by atoms with Crippen LogP contribution in [0.3, 0.4) is 0 Å². The van der Waals surface area contributed by atoms with E-state index in [1.165, 1.54) is 6.42 Å². The van der Waals surface area contributed by atoms with Gasteiger partial charge in [-0.25, -0.2) is 0 Å². The third kappa shape index (κ3) is 4.45. The summed E-state index contributed by atoms with van der Waals surface area (Å²) in [7, 11) is 0. The number of amides is 1. The molecule has 2 heteroatoms. The standard InChI is InChI=1S/C12H21NO/c1-12(2,3)9-5-4-6-10-7-8-11(14)13-10/h4,6,10H,5,7-9H2,1-3H3,(H,13,14)/b6-4+. The number of allylic oxidation sites excluding steroid dienone is 1. The Kier molecular flexibility index (Phi) is 3.73. The van der Waals surface area contributed by atoms with Crippen molar-refractivity contribution in [2.75, 3.05) is 0 Å². The third-order valence-electron chi connectivity index (χ3n) is 2.46.